The minimum Gasteiger partial charge on any atom is -0.508 e. The number of aromatic nitrogens is 2. The summed E-state index contributed by atoms with van der Waals surface area (Å²) in [5.74, 6) is -0.496. The van der Waals surface area contributed by atoms with E-state index in [1.165, 1.54) is 0 Å². The predicted octanol–water partition coefficient (Wildman–Crippen LogP) is 1.35. The van der Waals surface area contributed by atoms with Crippen LogP contribution in [-0.2, 0) is 16.1 Å². The van der Waals surface area contributed by atoms with Crippen molar-refractivity contribution in [3.63, 3.8) is 0 Å². The molecular formula is C12H12N2O5. The largest absolute Gasteiger partial charge is 0.508 e. The monoisotopic (exact) mass is 264 g/mol. The van der Waals surface area contributed by atoms with Gasteiger partial charge in [0.25, 0.3) is 0 Å². The molecule has 2 N–H and O–H groups in total. The topological polar surface area (TPSA) is 106 Å². The van der Waals surface area contributed by atoms with E-state index in [1.54, 1.807) is 25.1 Å². The molecule has 1 aromatic carbocycles. The maximum atomic E-state index is 10.3. The van der Waals surface area contributed by atoms with Gasteiger partial charge in [-0.2, -0.15) is 0 Å². The zero-order valence-corrected chi connectivity index (χ0v) is 10.2. The van der Waals surface area contributed by atoms with Crippen molar-refractivity contribution in [2.24, 2.45) is 0 Å². The highest BCUT2D eigenvalue weighted by atomic mass is 16.5. The van der Waals surface area contributed by atoms with Gasteiger partial charge in [-0.05, 0) is 19.1 Å². The lowest BCUT2D eigenvalue weighted by atomic mass is 10.1. The second-order valence-corrected chi connectivity index (χ2v) is 3.84. The number of hydrogen-bond acceptors (Lipinski definition) is 6. The molecule has 7 heteroatoms. The fraction of sp³-hybridized carbons (Fsp3) is 0.250. The second kappa shape index (κ2) is 5.49. The Morgan fingerprint density at radius 3 is 2.95 bits per heavy atom. The third-order valence-electron chi connectivity index (χ3n) is 2.45. The SMILES string of the molecule is Cc1c(O)cccc1-c1nnc(COCC(=O)O)o1. The van der Waals surface area contributed by atoms with Gasteiger partial charge in [-0.3, -0.25) is 0 Å². The molecule has 0 amide bonds. The molecule has 100 valence electrons. The Kier molecular flexibility index (Phi) is 3.76. The highest BCUT2D eigenvalue weighted by Crippen LogP contribution is 2.28. The van der Waals surface area contributed by atoms with Crippen LogP contribution in [0.1, 0.15) is 11.5 Å². The van der Waals surface area contributed by atoms with E-state index in [9.17, 15) is 9.90 Å². The number of hydrogen-bond donors (Lipinski definition) is 2. The summed E-state index contributed by atoms with van der Waals surface area (Å²) >= 11 is 0. The fourth-order valence-electron chi connectivity index (χ4n) is 1.50. The number of nitrogens with zero attached hydrogens (tertiary/aromatic N) is 2. The van der Waals surface area contributed by atoms with Crippen molar-refractivity contribution in [1.82, 2.24) is 10.2 Å². The van der Waals surface area contributed by atoms with Crippen LogP contribution in [0.2, 0.25) is 0 Å². The van der Waals surface area contributed by atoms with Crippen LogP contribution in [-0.4, -0.2) is 33.0 Å². The molecule has 1 heterocycles. The molecule has 2 rings (SSSR count). The lowest BCUT2D eigenvalue weighted by Crippen LogP contribution is -2.06. The highest BCUT2D eigenvalue weighted by Gasteiger charge is 2.13. The van der Waals surface area contributed by atoms with Crippen LogP contribution in [0.5, 0.6) is 5.75 Å². The first-order valence-corrected chi connectivity index (χ1v) is 5.49. The first kappa shape index (κ1) is 13.0. The smallest absolute Gasteiger partial charge is 0.329 e. The van der Waals surface area contributed by atoms with Gasteiger partial charge >= 0.3 is 5.97 Å². The molecule has 2 aromatic rings. The number of phenolic OH excluding ortho intramolecular Hbond substituents is 1. The van der Waals surface area contributed by atoms with Crippen LogP contribution in [0.3, 0.4) is 0 Å². The number of carbonyl (C=O) groups is 1. The van der Waals surface area contributed by atoms with E-state index in [4.69, 9.17) is 14.3 Å². The Balaban J connectivity index is 2.12. The number of benzene rings is 1. The number of phenols is 1. The summed E-state index contributed by atoms with van der Waals surface area (Å²) in [6, 6.07) is 4.97. The summed E-state index contributed by atoms with van der Waals surface area (Å²) in [7, 11) is 0. The molecule has 1 aromatic heterocycles. The molecule has 0 saturated heterocycles. The predicted molar refractivity (Wildman–Crippen MR) is 63.4 cm³/mol. The summed E-state index contributed by atoms with van der Waals surface area (Å²) in [4.78, 5) is 10.3. The van der Waals surface area contributed by atoms with Gasteiger partial charge in [0, 0.05) is 11.1 Å². The molecule has 19 heavy (non-hydrogen) atoms. The van der Waals surface area contributed by atoms with Crippen molar-refractivity contribution in [2.45, 2.75) is 13.5 Å². The van der Waals surface area contributed by atoms with Crippen LogP contribution >= 0.6 is 0 Å². The molecule has 0 aliphatic heterocycles. The first-order chi connectivity index (χ1) is 9.08. The van der Waals surface area contributed by atoms with Crippen molar-refractivity contribution in [3.05, 3.63) is 29.7 Å². The van der Waals surface area contributed by atoms with Gasteiger partial charge in [0.1, 0.15) is 19.0 Å². The quantitative estimate of drug-likeness (QED) is 0.839. The Morgan fingerprint density at radius 1 is 1.42 bits per heavy atom. The lowest BCUT2D eigenvalue weighted by molar-refractivity contribution is -0.142. The van der Waals surface area contributed by atoms with Crippen molar-refractivity contribution in [3.8, 4) is 17.2 Å². The summed E-state index contributed by atoms with van der Waals surface area (Å²) < 4.78 is 10.2. The third kappa shape index (κ3) is 3.08. The normalized spacial score (nSPS) is 10.6. The fourth-order valence-corrected chi connectivity index (χ4v) is 1.50. The van der Waals surface area contributed by atoms with Crippen LogP contribution < -0.4 is 0 Å². The summed E-state index contributed by atoms with van der Waals surface area (Å²) in [5, 5.41) is 25.6. The molecule has 0 aliphatic rings. The molecule has 0 unspecified atom stereocenters. The van der Waals surface area contributed by atoms with E-state index >= 15 is 0 Å². The summed E-state index contributed by atoms with van der Waals surface area (Å²) in [5.41, 5.74) is 1.25. The average molecular weight is 264 g/mol. The van der Waals surface area contributed by atoms with E-state index < -0.39 is 12.6 Å². The summed E-state index contributed by atoms with van der Waals surface area (Å²) in [6.07, 6.45) is 0. The maximum absolute atomic E-state index is 10.3. The second-order valence-electron chi connectivity index (χ2n) is 3.84. The molecule has 0 aliphatic carbocycles. The van der Waals surface area contributed by atoms with Gasteiger partial charge in [-0.1, -0.05) is 6.07 Å². The zero-order valence-electron chi connectivity index (χ0n) is 10.2. The molecule has 0 spiro atoms. The number of carboxylic acid groups (broad SMARTS) is 1. The third-order valence-corrected chi connectivity index (χ3v) is 2.45. The molecule has 0 saturated carbocycles. The van der Waals surface area contributed by atoms with Crippen LogP contribution in [0, 0.1) is 6.92 Å². The maximum Gasteiger partial charge on any atom is 0.329 e. The molecule has 0 atom stereocenters. The first-order valence-electron chi connectivity index (χ1n) is 5.49. The summed E-state index contributed by atoms with van der Waals surface area (Å²) in [6.45, 7) is 1.23. The van der Waals surface area contributed by atoms with Crippen molar-refractivity contribution in [2.75, 3.05) is 6.61 Å². The van der Waals surface area contributed by atoms with Gasteiger partial charge in [0.05, 0.1) is 0 Å². The van der Waals surface area contributed by atoms with Gasteiger partial charge in [-0.25, -0.2) is 4.79 Å². The van der Waals surface area contributed by atoms with Gasteiger partial charge in [0.15, 0.2) is 0 Å². The van der Waals surface area contributed by atoms with E-state index in [0.29, 0.717) is 11.1 Å². The molecule has 7 nitrogen and oxygen atoms in total. The number of carboxylic acids is 1. The number of aromatic hydroxyl groups is 1. The van der Waals surface area contributed by atoms with Crippen LogP contribution in [0.25, 0.3) is 11.5 Å². The van der Waals surface area contributed by atoms with Crippen molar-refractivity contribution < 1.29 is 24.2 Å². The minimum absolute atomic E-state index is 0.0723. The van der Waals surface area contributed by atoms with Gasteiger partial charge in [0.2, 0.25) is 11.8 Å². The minimum atomic E-state index is -1.07. The highest BCUT2D eigenvalue weighted by molar-refractivity contribution is 5.68. The Hall–Kier alpha value is -2.41. The standard InChI is InChI=1S/C12H12N2O5/c1-7-8(3-2-4-9(7)15)12-14-13-10(19-12)5-18-6-11(16)17/h2-4,15H,5-6H2,1H3,(H,16,17). The number of ether oxygens (including phenoxy) is 1. The van der Waals surface area contributed by atoms with E-state index in [2.05, 4.69) is 10.2 Å². The molecular weight excluding hydrogens is 252 g/mol. The Bertz CT molecular complexity index is 594. The number of aliphatic carboxylic acids is 1. The van der Waals surface area contributed by atoms with Crippen LogP contribution in [0.4, 0.5) is 0 Å². The Morgan fingerprint density at radius 2 is 2.21 bits per heavy atom. The van der Waals surface area contributed by atoms with E-state index in [0.717, 1.165) is 0 Å². The molecule has 0 radical (unpaired) electrons. The average Bonchev–Trinajstić information content (AvgIpc) is 2.81. The zero-order chi connectivity index (χ0) is 13.8. The van der Waals surface area contributed by atoms with E-state index in [-0.39, 0.29) is 24.1 Å². The van der Waals surface area contributed by atoms with Crippen molar-refractivity contribution in [1.29, 1.82) is 0 Å². The van der Waals surface area contributed by atoms with Crippen LogP contribution in [0.15, 0.2) is 22.6 Å². The van der Waals surface area contributed by atoms with E-state index in [1.807, 2.05) is 0 Å². The Labute approximate surface area is 108 Å². The molecule has 0 fully saturated rings. The van der Waals surface area contributed by atoms with Crippen molar-refractivity contribution >= 4 is 5.97 Å². The molecule has 0 bridgehead atoms. The van der Waals surface area contributed by atoms with Gasteiger partial charge < -0.3 is 19.4 Å². The lowest BCUT2D eigenvalue weighted by Gasteiger charge is -2.02. The van der Waals surface area contributed by atoms with Gasteiger partial charge in [-0.15, -0.1) is 10.2 Å². The number of rotatable bonds is 5.